The molecule has 132 valence electrons. The first kappa shape index (κ1) is 19.9. The fourth-order valence-corrected chi connectivity index (χ4v) is 2.02. The zero-order valence-corrected chi connectivity index (χ0v) is 14.0. The number of hydrogen-bond acceptors (Lipinski definition) is 5. The normalized spacial score (nSPS) is 10.6. The first-order chi connectivity index (χ1) is 11.9. The van der Waals surface area contributed by atoms with Crippen LogP contribution in [0, 0.1) is 11.3 Å². The molecule has 0 atom stereocenters. The summed E-state index contributed by atoms with van der Waals surface area (Å²) in [5, 5.41) is 23.1. The molecule has 3 N–H and O–H groups in total. The van der Waals surface area contributed by atoms with E-state index < -0.39 is 11.9 Å². The highest BCUT2D eigenvalue weighted by molar-refractivity contribution is 6.07. The fourth-order valence-electron chi connectivity index (χ4n) is 2.02. The summed E-state index contributed by atoms with van der Waals surface area (Å²) in [5.41, 5.74) is 0.825. The lowest BCUT2D eigenvalue weighted by molar-refractivity contribution is -0.137. The lowest BCUT2D eigenvalue weighted by Crippen LogP contribution is -2.17. The van der Waals surface area contributed by atoms with E-state index in [1.165, 1.54) is 13.1 Å². The van der Waals surface area contributed by atoms with E-state index in [0.29, 0.717) is 24.2 Å². The van der Waals surface area contributed by atoms with Crippen molar-refractivity contribution >= 4 is 23.3 Å². The van der Waals surface area contributed by atoms with Gasteiger partial charge in [0, 0.05) is 30.4 Å². The zero-order chi connectivity index (χ0) is 18.7. The maximum atomic E-state index is 12.1. The molecule has 1 aromatic carbocycles. The second-order valence-electron chi connectivity index (χ2n) is 5.42. The number of hydrogen-bond donors (Lipinski definition) is 3. The Labute approximate surface area is 146 Å². The van der Waals surface area contributed by atoms with Gasteiger partial charge in [-0.15, -0.1) is 0 Å². The van der Waals surface area contributed by atoms with Gasteiger partial charge in [-0.1, -0.05) is 18.6 Å². The number of nitrogens with one attached hydrogen (secondary N) is 2. The van der Waals surface area contributed by atoms with Gasteiger partial charge in [0.15, 0.2) is 5.78 Å². The first-order valence-electron chi connectivity index (χ1n) is 7.92. The average molecular weight is 343 g/mol. The van der Waals surface area contributed by atoms with Gasteiger partial charge in [0.05, 0.1) is 0 Å². The SMILES string of the molecule is CC(=O)c1cccc(NC(=O)/C(C#N)=C\NCCCCCC(=O)O)c1. The summed E-state index contributed by atoms with van der Waals surface area (Å²) < 4.78 is 0. The molecule has 1 aromatic rings. The van der Waals surface area contributed by atoms with Gasteiger partial charge in [-0.2, -0.15) is 5.26 Å². The molecule has 0 fully saturated rings. The molecular formula is C18H21N3O4. The molecule has 0 aliphatic heterocycles. The molecule has 25 heavy (non-hydrogen) atoms. The number of nitriles is 1. The van der Waals surface area contributed by atoms with E-state index in [2.05, 4.69) is 10.6 Å². The lowest BCUT2D eigenvalue weighted by Gasteiger charge is -2.06. The van der Waals surface area contributed by atoms with Crippen LogP contribution in [-0.2, 0) is 9.59 Å². The van der Waals surface area contributed by atoms with Crippen molar-refractivity contribution in [3.8, 4) is 6.07 Å². The Bertz CT molecular complexity index is 705. The third-order valence-corrected chi connectivity index (χ3v) is 3.35. The van der Waals surface area contributed by atoms with Gasteiger partial charge >= 0.3 is 5.97 Å². The number of aliphatic carboxylic acids is 1. The minimum Gasteiger partial charge on any atom is -0.481 e. The molecule has 1 rings (SSSR count). The standard InChI is InChI=1S/C18H21N3O4/c1-13(22)14-6-5-7-16(10-14)21-18(25)15(11-19)12-20-9-4-2-3-8-17(23)24/h5-7,10,12,20H,2-4,8-9H2,1H3,(H,21,25)(H,23,24)/b15-12-. The molecule has 0 aliphatic carbocycles. The minimum absolute atomic E-state index is 0.0845. The number of carboxylic acids is 1. The third-order valence-electron chi connectivity index (χ3n) is 3.35. The van der Waals surface area contributed by atoms with Crippen LogP contribution in [0.4, 0.5) is 5.69 Å². The van der Waals surface area contributed by atoms with E-state index in [9.17, 15) is 14.4 Å². The van der Waals surface area contributed by atoms with Crippen LogP contribution < -0.4 is 10.6 Å². The summed E-state index contributed by atoms with van der Waals surface area (Å²) in [6, 6.07) is 8.29. The van der Waals surface area contributed by atoms with E-state index in [1.54, 1.807) is 24.3 Å². The smallest absolute Gasteiger partial charge is 0.303 e. The number of rotatable bonds is 10. The van der Waals surface area contributed by atoms with Crippen LogP contribution in [0.1, 0.15) is 43.0 Å². The van der Waals surface area contributed by atoms with Crippen LogP contribution in [0.2, 0.25) is 0 Å². The highest BCUT2D eigenvalue weighted by atomic mass is 16.4. The van der Waals surface area contributed by atoms with Crippen molar-refractivity contribution in [2.45, 2.75) is 32.6 Å². The molecule has 1 amide bonds. The number of unbranched alkanes of at least 4 members (excludes halogenated alkanes) is 2. The summed E-state index contributed by atoms with van der Waals surface area (Å²) in [6.07, 6.45) is 3.56. The number of amides is 1. The topological polar surface area (TPSA) is 119 Å². The van der Waals surface area contributed by atoms with Crippen molar-refractivity contribution in [1.82, 2.24) is 5.32 Å². The largest absolute Gasteiger partial charge is 0.481 e. The van der Waals surface area contributed by atoms with Gasteiger partial charge < -0.3 is 15.7 Å². The van der Waals surface area contributed by atoms with Crippen LogP contribution in [0.25, 0.3) is 0 Å². The van der Waals surface area contributed by atoms with E-state index in [0.717, 1.165) is 12.8 Å². The van der Waals surface area contributed by atoms with Crippen molar-refractivity contribution in [2.24, 2.45) is 0 Å². The van der Waals surface area contributed by atoms with Gasteiger partial charge in [0.2, 0.25) is 0 Å². The number of nitrogens with zero attached hydrogens (tertiary/aromatic N) is 1. The molecule has 0 aromatic heterocycles. The molecule has 0 aliphatic rings. The van der Waals surface area contributed by atoms with Crippen molar-refractivity contribution in [3.05, 3.63) is 41.6 Å². The maximum Gasteiger partial charge on any atom is 0.303 e. The van der Waals surface area contributed by atoms with Crippen LogP contribution in [0.15, 0.2) is 36.0 Å². The molecule has 7 heteroatoms. The number of anilines is 1. The van der Waals surface area contributed by atoms with Gasteiger partial charge in [-0.25, -0.2) is 0 Å². The van der Waals surface area contributed by atoms with E-state index in [4.69, 9.17) is 10.4 Å². The Balaban J connectivity index is 2.49. The number of carbonyl (C=O) groups excluding carboxylic acids is 2. The quantitative estimate of drug-likeness (QED) is 0.260. The predicted molar refractivity (Wildman–Crippen MR) is 92.9 cm³/mol. The third kappa shape index (κ3) is 7.79. The summed E-state index contributed by atoms with van der Waals surface area (Å²) in [5.74, 6) is -1.50. The van der Waals surface area contributed by atoms with Crippen LogP contribution in [0.3, 0.4) is 0 Å². The van der Waals surface area contributed by atoms with E-state index in [1.807, 2.05) is 6.07 Å². The first-order valence-corrected chi connectivity index (χ1v) is 7.92. The Hall–Kier alpha value is -3.14. The summed E-state index contributed by atoms with van der Waals surface area (Å²) >= 11 is 0. The second kappa shape index (κ2) is 10.6. The summed E-state index contributed by atoms with van der Waals surface area (Å²) in [4.78, 5) is 33.8. The Morgan fingerprint density at radius 1 is 1.24 bits per heavy atom. The highest BCUT2D eigenvalue weighted by Crippen LogP contribution is 2.12. The molecule has 0 saturated heterocycles. The summed E-state index contributed by atoms with van der Waals surface area (Å²) in [6.45, 7) is 1.97. The molecule has 0 unspecified atom stereocenters. The van der Waals surface area contributed by atoms with Crippen molar-refractivity contribution < 1.29 is 19.5 Å². The number of benzene rings is 1. The van der Waals surface area contributed by atoms with Gasteiger partial charge in [-0.05, 0) is 31.9 Å². The Morgan fingerprint density at radius 3 is 2.64 bits per heavy atom. The van der Waals surface area contributed by atoms with Gasteiger partial charge in [-0.3, -0.25) is 14.4 Å². The Kier molecular flexibility index (Phi) is 8.44. The van der Waals surface area contributed by atoms with Crippen LogP contribution in [0.5, 0.6) is 0 Å². The van der Waals surface area contributed by atoms with E-state index in [-0.39, 0.29) is 17.8 Å². The number of Topliss-reactive ketones (excluding diaryl/α,β-unsaturated/α-hetero) is 1. The molecule has 0 saturated carbocycles. The van der Waals surface area contributed by atoms with Crippen LogP contribution >= 0.6 is 0 Å². The van der Waals surface area contributed by atoms with Crippen molar-refractivity contribution in [2.75, 3.05) is 11.9 Å². The molecule has 0 heterocycles. The number of carbonyl (C=O) groups is 3. The second-order valence-corrected chi connectivity index (χ2v) is 5.42. The summed E-state index contributed by atoms with van der Waals surface area (Å²) in [7, 11) is 0. The number of carboxylic acid groups (broad SMARTS) is 1. The molecule has 0 radical (unpaired) electrons. The molecular weight excluding hydrogens is 322 g/mol. The molecule has 0 spiro atoms. The van der Waals surface area contributed by atoms with Crippen LogP contribution in [-0.4, -0.2) is 29.3 Å². The zero-order valence-electron chi connectivity index (χ0n) is 14.0. The fraction of sp³-hybridized carbons (Fsp3) is 0.333. The Morgan fingerprint density at radius 2 is 2.00 bits per heavy atom. The predicted octanol–water partition coefficient (Wildman–Crippen LogP) is 2.47. The lowest BCUT2D eigenvalue weighted by atomic mass is 10.1. The molecule has 0 bridgehead atoms. The minimum atomic E-state index is -0.815. The van der Waals surface area contributed by atoms with Crippen molar-refractivity contribution in [3.63, 3.8) is 0 Å². The van der Waals surface area contributed by atoms with Gasteiger partial charge in [0.1, 0.15) is 11.6 Å². The highest BCUT2D eigenvalue weighted by Gasteiger charge is 2.10. The average Bonchev–Trinajstić information content (AvgIpc) is 2.57. The van der Waals surface area contributed by atoms with Gasteiger partial charge in [0.25, 0.3) is 5.91 Å². The van der Waals surface area contributed by atoms with Crippen molar-refractivity contribution in [1.29, 1.82) is 5.26 Å². The molecule has 7 nitrogen and oxygen atoms in total. The monoisotopic (exact) mass is 343 g/mol. The maximum absolute atomic E-state index is 12.1. The number of ketones is 1. The van der Waals surface area contributed by atoms with E-state index >= 15 is 0 Å².